The van der Waals surface area contributed by atoms with Crippen LogP contribution in [0.25, 0.3) is 0 Å². The van der Waals surface area contributed by atoms with E-state index >= 15 is 0 Å². The molecule has 19 heavy (non-hydrogen) atoms. The first-order valence-electron chi connectivity index (χ1n) is 7.16. The summed E-state index contributed by atoms with van der Waals surface area (Å²) in [6.45, 7) is 2.73. The predicted octanol–water partition coefficient (Wildman–Crippen LogP) is 4.29. The van der Waals surface area contributed by atoms with Gasteiger partial charge in [-0.3, -0.25) is 10.1 Å². The molecule has 0 aliphatic heterocycles. The SMILES string of the molecule is Cc1cc(NCCCC2CCCC2)ccc1[N+](=O)[O-]. The lowest BCUT2D eigenvalue weighted by molar-refractivity contribution is -0.385. The minimum Gasteiger partial charge on any atom is -0.385 e. The molecule has 4 nitrogen and oxygen atoms in total. The number of anilines is 1. The number of nitro benzene ring substituents is 1. The minimum absolute atomic E-state index is 0.191. The van der Waals surface area contributed by atoms with Crippen molar-refractivity contribution in [3.05, 3.63) is 33.9 Å². The first kappa shape index (κ1) is 13.8. The number of benzene rings is 1. The van der Waals surface area contributed by atoms with Crippen LogP contribution in [0.5, 0.6) is 0 Å². The van der Waals surface area contributed by atoms with Crippen LogP contribution < -0.4 is 5.32 Å². The van der Waals surface area contributed by atoms with Gasteiger partial charge in [0.1, 0.15) is 0 Å². The van der Waals surface area contributed by atoms with Crippen LogP contribution in [0, 0.1) is 23.0 Å². The fraction of sp³-hybridized carbons (Fsp3) is 0.600. The Morgan fingerprint density at radius 1 is 1.37 bits per heavy atom. The molecule has 104 valence electrons. The van der Waals surface area contributed by atoms with Crippen molar-refractivity contribution in [2.45, 2.75) is 45.4 Å². The molecule has 1 aliphatic carbocycles. The maximum atomic E-state index is 10.7. The second-order valence-electron chi connectivity index (χ2n) is 5.48. The van der Waals surface area contributed by atoms with E-state index in [2.05, 4.69) is 5.32 Å². The van der Waals surface area contributed by atoms with Gasteiger partial charge < -0.3 is 5.32 Å². The molecule has 1 aromatic rings. The van der Waals surface area contributed by atoms with E-state index in [-0.39, 0.29) is 10.6 Å². The minimum atomic E-state index is -0.334. The molecule has 1 N–H and O–H groups in total. The summed E-state index contributed by atoms with van der Waals surface area (Å²) >= 11 is 0. The van der Waals surface area contributed by atoms with Crippen molar-refractivity contribution in [2.75, 3.05) is 11.9 Å². The Morgan fingerprint density at radius 2 is 2.11 bits per heavy atom. The number of nitro groups is 1. The Bertz CT molecular complexity index is 440. The monoisotopic (exact) mass is 262 g/mol. The van der Waals surface area contributed by atoms with E-state index in [1.807, 2.05) is 6.07 Å². The molecule has 0 amide bonds. The molecule has 1 fully saturated rings. The fourth-order valence-electron chi connectivity index (χ4n) is 2.89. The van der Waals surface area contributed by atoms with Crippen LogP contribution in [-0.2, 0) is 0 Å². The highest BCUT2D eigenvalue weighted by molar-refractivity contribution is 5.53. The molecule has 0 saturated heterocycles. The number of aryl methyl sites for hydroxylation is 1. The molecule has 2 rings (SSSR count). The van der Waals surface area contributed by atoms with Crippen LogP contribution in [0.4, 0.5) is 11.4 Å². The summed E-state index contributed by atoms with van der Waals surface area (Å²) in [7, 11) is 0. The van der Waals surface area contributed by atoms with Gasteiger partial charge in [-0.05, 0) is 37.8 Å². The third kappa shape index (κ3) is 3.94. The molecule has 1 saturated carbocycles. The first-order chi connectivity index (χ1) is 9.16. The van der Waals surface area contributed by atoms with Crippen LogP contribution in [0.3, 0.4) is 0 Å². The van der Waals surface area contributed by atoms with Crippen molar-refractivity contribution < 1.29 is 4.92 Å². The Kier molecular flexibility index (Phi) is 4.77. The van der Waals surface area contributed by atoms with Crippen LogP contribution in [0.1, 0.15) is 44.1 Å². The third-order valence-electron chi connectivity index (χ3n) is 3.99. The van der Waals surface area contributed by atoms with E-state index in [1.54, 1.807) is 19.1 Å². The van der Waals surface area contributed by atoms with Crippen molar-refractivity contribution >= 4 is 11.4 Å². The number of hydrogen-bond donors (Lipinski definition) is 1. The van der Waals surface area contributed by atoms with Gasteiger partial charge in [-0.15, -0.1) is 0 Å². The molecule has 0 unspecified atom stereocenters. The summed E-state index contributed by atoms with van der Waals surface area (Å²) in [5.74, 6) is 0.931. The van der Waals surface area contributed by atoms with Crippen molar-refractivity contribution in [1.29, 1.82) is 0 Å². The highest BCUT2D eigenvalue weighted by atomic mass is 16.6. The van der Waals surface area contributed by atoms with Gasteiger partial charge in [0.2, 0.25) is 0 Å². The van der Waals surface area contributed by atoms with Crippen LogP contribution >= 0.6 is 0 Å². The predicted molar refractivity (Wildman–Crippen MR) is 77.5 cm³/mol. The van der Waals surface area contributed by atoms with Gasteiger partial charge in [-0.1, -0.05) is 25.7 Å². The highest BCUT2D eigenvalue weighted by Gasteiger charge is 2.14. The maximum absolute atomic E-state index is 10.7. The standard InChI is InChI=1S/C15H22N2O2/c1-12-11-14(8-9-15(12)17(18)19)16-10-4-7-13-5-2-3-6-13/h8-9,11,13,16H,2-7,10H2,1H3. The summed E-state index contributed by atoms with van der Waals surface area (Å²) in [5.41, 5.74) is 1.89. The summed E-state index contributed by atoms with van der Waals surface area (Å²) in [5, 5.41) is 14.1. The third-order valence-corrected chi connectivity index (χ3v) is 3.99. The average molecular weight is 262 g/mol. The lowest BCUT2D eigenvalue weighted by Crippen LogP contribution is -2.04. The summed E-state index contributed by atoms with van der Waals surface area (Å²) in [6.07, 6.45) is 8.09. The quantitative estimate of drug-likeness (QED) is 0.473. The smallest absolute Gasteiger partial charge is 0.272 e. The molecule has 0 heterocycles. The number of nitrogens with zero attached hydrogens (tertiary/aromatic N) is 1. The van der Waals surface area contributed by atoms with E-state index in [0.29, 0.717) is 5.56 Å². The molecular weight excluding hydrogens is 240 g/mol. The van der Waals surface area contributed by atoms with Gasteiger partial charge in [0.05, 0.1) is 4.92 Å². The molecule has 0 spiro atoms. The largest absolute Gasteiger partial charge is 0.385 e. The molecule has 0 radical (unpaired) electrons. The Balaban J connectivity index is 1.76. The number of nitrogens with one attached hydrogen (secondary N) is 1. The maximum Gasteiger partial charge on any atom is 0.272 e. The topological polar surface area (TPSA) is 55.2 Å². The normalized spacial score (nSPS) is 15.6. The van der Waals surface area contributed by atoms with Crippen molar-refractivity contribution in [3.8, 4) is 0 Å². The van der Waals surface area contributed by atoms with E-state index in [1.165, 1.54) is 38.5 Å². The Labute approximate surface area is 114 Å². The highest BCUT2D eigenvalue weighted by Crippen LogP contribution is 2.28. The van der Waals surface area contributed by atoms with Gasteiger partial charge in [0, 0.05) is 23.9 Å². The Morgan fingerprint density at radius 3 is 2.74 bits per heavy atom. The molecule has 1 aromatic carbocycles. The second-order valence-corrected chi connectivity index (χ2v) is 5.48. The first-order valence-corrected chi connectivity index (χ1v) is 7.16. The molecule has 1 aliphatic rings. The van der Waals surface area contributed by atoms with E-state index in [0.717, 1.165) is 18.2 Å². The molecular formula is C15H22N2O2. The van der Waals surface area contributed by atoms with Gasteiger partial charge >= 0.3 is 0 Å². The lowest BCUT2D eigenvalue weighted by atomic mass is 10.0. The molecule has 4 heteroatoms. The van der Waals surface area contributed by atoms with E-state index in [9.17, 15) is 10.1 Å². The summed E-state index contributed by atoms with van der Waals surface area (Å²) < 4.78 is 0. The molecule has 0 atom stereocenters. The summed E-state index contributed by atoms with van der Waals surface area (Å²) in [6, 6.07) is 5.23. The molecule has 0 aromatic heterocycles. The zero-order valence-corrected chi connectivity index (χ0v) is 11.5. The lowest BCUT2D eigenvalue weighted by Gasteiger charge is -2.10. The van der Waals surface area contributed by atoms with Gasteiger partial charge in [0.25, 0.3) is 5.69 Å². The Hall–Kier alpha value is -1.58. The van der Waals surface area contributed by atoms with Crippen LogP contribution in [0.15, 0.2) is 18.2 Å². The van der Waals surface area contributed by atoms with Crippen LogP contribution in [0.2, 0.25) is 0 Å². The van der Waals surface area contributed by atoms with E-state index < -0.39 is 0 Å². The zero-order valence-electron chi connectivity index (χ0n) is 11.5. The van der Waals surface area contributed by atoms with Crippen molar-refractivity contribution in [2.24, 2.45) is 5.92 Å². The van der Waals surface area contributed by atoms with E-state index in [4.69, 9.17) is 0 Å². The average Bonchev–Trinajstić information content (AvgIpc) is 2.87. The fourth-order valence-corrected chi connectivity index (χ4v) is 2.89. The zero-order chi connectivity index (χ0) is 13.7. The van der Waals surface area contributed by atoms with Crippen LogP contribution in [-0.4, -0.2) is 11.5 Å². The van der Waals surface area contributed by atoms with Crippen molar-refractivity contribution in [3.63, 3.8) is 0 Å². The number of hydrogen-bond acceptors (Lipinski definition) is 3. The van der Waals surface area contributed by atoms with Crippen molar-refractivity contribution in [1.82, 2.24) is 0 Å². The number of rotatable bonds is 6. The summed E-state index contributed by atoms with van der Waals surface area (Å²) in [4.78, 5) is 10.4. The van der Waals surface area contributed by atoms with Gasteiger partial charge in [-0.25, -0.2) is 0 Å². The van der Waals surface area contributed by atoms with Gasteiger partial charge in [0.15, 0.2) is 0 Å². The molecule has 0 bridgehead atoms. The second kappa shape index (κ2) is 6.55. The van der Waals surface area contributed by atoms with Gasteiger partial charge in [-0.2, -0.15) is 0 Å².